The second-order valence-corrected chi connectivity index (χ2v) is 6.80. The maximum Gasteiger partial charge on any atom is 0.339 e. The van der Waals surface area contributed by atoms with E-state index in [1.807, 2.05) is 35.2 Å². The molecule has 0 atom stereocenters. The van der Waals surface area contributed by atoms with Gasteiger partial charge in [-0.2, -0.15) is 0 Å². The van der Waals surface area contributed by atoms with Crippen molar-refractivity contribution in [3.8, 4) is 0 Å². The summed E-state index contributed by atoms with van der Waals surface area (Å²) in [7, 11) is 0. The van der Waals surface area contributed by atoms with E-state index in [1.165, 1.54) is 6.20 Å². The third-order valence-corrected chi connectivity index (χ3v) is 4.99. The first kappa shape index (κ1) is 18.9. The van der Waals surface area contributed by atoms with E-state index < -0.39 is 0 Å². The molecular formula is C21H22N4O4. The Morgan fingerprint density at radius 1 is 1.10 bits per heavy atom. The van der Waals surface area contributed by atoms with Gasteiger partial charge in [0.05, 0.1) is 18.6 Å². The largest absolute Gasteiger partial charge is 0.462 e. The summed E-state index contributed by atoms with van der Waals surface area (Å²) < 4.78 is 10.3. The smallest absolute Gasteiger partial charge is 0.339 e. The van der Waals surface area contributed by atoms with Crippen molar-refractivity contribution in [2.24, 2.45) is 0 Å². The molecule has 29 heavy (non-hydrogen) atoms. The summed E-state index contributed by atoms with van der Waals surface area (Å²) in [6.45, 7) is 4.67. The molecule has 1 fully saturated rings. The van der Waals surface area contributed by atoms with E-state index in [-0.39, 0.29) is 18.3 Å². The number of benzene rings is 1. The average Bonchev–Trinajstić information content (AvgIpc) is 3.17. The Labute approximate surface area is 168 Å². The van der Waals surface area contributed by atoms with Gasteiger partial charge in [-0.15, -0.1) is 0 Å². The highest BCUT2D eigenvalue weighted by Gasteiger charge is 2.23. The topological polar surface area (TPSA) is 88.8 Å². The third kappa shape index (κ3) is 4.06. The molecule has 0 N–H and O–H groups in total. The number of amides is 1. The van der Waals surface area contributed by atoms with Gasteiger partial charge in [0.2, 0.25) is 5.91 Å². The maximum atomic E-state index is 12.7. The number of rotatable bonds is 5. The van der Waals surface area contributed by atoms with Crippen LogP contribution in [0.1, 0.15) is 23.0 Å². The molecule has 3 aromatic rings. The maximum absolute atomic E-state index is 12.7. The number of para-hydroxylation sites is 1. The fraction of sp³-hybridized carbons (Fsp3) is 0.333. The van der Waals surface area contributed by atoms with Crippen LogP contribution in [0.4, 0.5) is 5.82 Å². The van der Waals surface area contributed by atoms with Gasteiger partial charge in [-0.3, -0.25) is 4.79 Å². The Kier molecular flexibility index (Phi) is 5.41. The second kappa shape index (κ2) is 8.30. The van der Waals surface area contributed by atoms with E-state index in [2.05, 4.69) is 15.0 Å². The number of aromatic nitrogens is 2. The number of nitrogens with zero attached hydrogens (tertiary/aromatic N) is 4. The van der Waals surface area contributed by atoms with Crippen LogP contribution in [0.15, 0.2) is 47.1 Å². The molecule has 1 aliphatic heterocycles. The number of pyridine rings is 1. The zero-order chi connectivity index (χ0) is 20.2. The Bertz CT molecular complexity index is 1010. The van der Waals surface area contributed by atoms with Crippen LogP contribution in [-0.4, -0.2) is 59.7 Å². The van der Waals surface area contributed by atoms with Crippen LogP contribution >= 0.6 is 0 Å². The van der Waals surface area contributed by atoms with E-state index in [0.717, 1.165) is 11.2 Å². The molecule has 1 amide bonds. The highest BCUT2D eigenvalue weighted by Crippen LogP contribution is 2.20. The summed E-state index contributed by atoms with van der Waals surface area (Å²) in [5.41, 5.74) is 1.80. The number of carbonyl (C=O) groups excluding carboxylic acids is 2. The lowest BCUT2D eigenvalue weighted by molar-refractivity contribution is -0.130. The molecule has 3 heterocycles. The first-order valence-electron chi connectivity index (χ1n) is 9.65. The second-order valence-electron chi connectivity index (χ2n) is 6.80. The number of esters is 1. The molecule has 2 aromatic heterocycles. The zero-order valence-electron chi connectivity index (χ0n) is 16.2. The van der Waals surface area contributed by atoms with E-state index >= 15 is 0 Å². The molecule has 0 aliphatic carbocycles. The van der Waals surface area contributed by atoms with E-state index in [0.29, 0.717) is 49.6 Å². The van der Waals surface area contributed by atoms with E-state index in [1.54, 1.807) is 13.0 Å². The van der Waals surface area contributed by atoms with Crippen LogP contribution in [0, 0.1) is 0 Å². The standard InChI is InChI=1S/C21H22N4O4/c1-2-28-21(27)15-7-8-19(22-14-15)24-9-11-25(12-10-24)20(26)13-17-16-5-3-4-6-18(16)29-23-17/h3-8,14H,2,9-13H2,1H3. The highest BCUT2D eigenvalue weighted by atomic mass is 16.5. The zero-order valence-corrected chi connectivity index (χ0v) is 16.2. The monoisotopic (exact) mass is 394 g/mol. The van der Waals surface area contributed by atoms with Gasteiger partial charge in [-0.1, -0.05) is 17.3 Å². The Morgan fingerprint density at radius 2 is 1.90 bits per heavy atom. The molecule has 8 heteroatoms. The van der Waals surface area contributed by atoms with E-state index in [9.17, 15) is 9.59 Å². The molecule has 8 nitrogen and oxygen atoms in total. The number of hydrogen-bond donors (Lipinski definition) is 0. The van der Waals surface area contributed by atoms with Crippen LogP contribution < -0.4 is 4.90 Å². The molecule has 4 rings (SSSR count). The molecular weight excluding hydrogens is 372 g/mol. The first-order chi connectivity index (χ1) is 14.2. The number of anilines is 1. The molecule has 150 valence electrons. The summed E-state index contributed by atoms with van der Waals surface area (Å²) in [6.07, 6.45) is 1.75. The van der Waals surface area contributed by atoms with Crippen molar-refractivity contribution in [3.63, 3.8) is 0 Å². The van der Waals surface area contributed by atoms with Crippen molar-refractivity contribution >= 4 is 28.7 Å². The summed E-state index contributed by atoms with van der Waals surface area (Å²) in [5.74, 6) is 0.448. The number of hydrogen-bond acceptors (Lipinski definition) is 7. The van der Waals surface area contributed by atoms with Gasteiger partial charge >= 0.3 is 5.97 Å². The molecule has 0 unspecified atom stereocenters. The molecule has 0 saturated carbocycles. The van der Waals surface area contributed by atoms with Crippen LogP contribution in [0.5, 0.6) is 0 Å². The summed E-state index contributed by atoms with van der Waals surface area (Å²) in [6, 6.07) is 11.1. The lowest BCUT2D eigenvalue weighted by atomic mass is 10.1. The van der Waals surface area contributed by atoms with Crippen molar-refractivity contribution < 1.29 is 18.8 Å². The molecule has 0 spiro atoms. The molecule has 0 radical (unpaired) electrons. The minimum Gasteiger partial charge on any atom is -0.462 e. The van der Waals surface area contributed by atoms with Gasteiger partial charge in [0.1, 0.15) is 11.5 Å². The first-order valence-corrected chi connectivity index (χ1v) is 9.65. The van der Waals surface area contributed by atoms with Crippen LogP contribution in [0.3, 0.4) is 0 Å². The molecule has 1 aliphatic rings. The van der Waals surface area contributed by atoms with Crippen molar-refractivity contribution in [1.82, 2.24) is 15.0 Å². The van der Waals surface area contributed by atoms with Crippen molar-refractivity contribution in [2.45, 2.75) is 13.3 Å². The van der Waals surface area contributed by atoms with Gasteiger partial charge in [-0.25, -0.2) is 9.78 Å². The highest BCUT2D eigenvalue weighted by molar-refractivity contribution is 5.89. The molecule has 1 saturated heterocycles. The normalized spacial score (nSPS) is 14.2. The Morgan fingerprint density at radius 3 is 2.62 bits per heavy atom. The predicted octanol–water partition coefficient (Wildman–Crippen LogP) is 2.29. The van der Waals surface area contributed by atoms with Gasteiger partial charge < -0.3 is 19.1 Å². The van der Waals surface area contributed by atoms with Crippen molar-refractivity contribution in [3.05, 3.63) is 53.9 Å². The SMILES string of the molecule is CCOC(=O)c1ccc(N2CCN(C(=O)Cc3noc4ccccc34)CC2)nc1. The van der Waals surface area contributed by atoms with Crippen molar-refractivity contribution in [1.29, 1.82) is 0 Å². The van der Waals surface area contributed by atoms with Gasteiger partial charge in [0.25, 0.3) is 0 Å². The van der Waals surface area contributed by atoms with Crippen LogP contribution in [0.25, 0.3) is 11.0 Å². The van der Waals surface area contributed by atoms with Gasteiger partial charge in [-0.05, 0) is 31.2 Å². The number of piperazine rings is 1. The number of fused-ring (bicyclic) bond motifs is 1. The fourth-order valence-corrected chi connectivity index (χ4v) is 3.41. The van der Waals surface area contributed by atoms with E-state index in [4.69, 9.17) is 9.26 Å². The summed E-state index contributed by atoms with van der Waals surface area (Å²) in [5, 5.41) is 4.93. The third-order valence-electron chi connectivity index (χ3n) is 4.99. The van der Waals surface area contributed by atoms with Crippen molar-refractivity contribution in [2.75, 3.05) is 37.7 Å². The minimum absolute atomic E-state index is 0.0364. The molecule has 0 bridgehead atoms. The average molecular weight is 394 g/mol. The summed E-state index contributed by atoms with van der Waals surface area (Å²) >= 11 is 0. The van der Waals surface area contributed by atoms with Gasteiger partial charge in [0, 0.05) is 37.8 Å². The quantitative estimate of drug-likeness (QED) is 0.614. The lowest BCUT2D eigenvalue weighted by Gasteiger charge is -2.35. The number of carbonyl (C=O) groups is 2. The molecule has 1 aromatic carbocycles. The fourth-order valence-electron chi connectivity index (χ4n) is 3.41. The Balaban J connectivity index is 1.34. The van der Waals surface area contributed by atoms with Gasteiger partial charge in [0.15, 0.2) is 5.58 Å². The van der Waals surface area contributed by atoms with Crippen LogP contribution in [0.2, 0.25) is 0 Å². The predicted molar refractivity (Wildman–Crippen MR) is 107 cm³/mol. The van der Waals surface area contributed by atoms with Crippen LogP contribution in [-0.2, 0) is 16.0 Å². The number of ether oxygens (including phenoxy) is 1. The lowest BCUT2D eigenvalue weighted by Crippen LogP contribution is -2.49. The minimum atomic E-state index is -0.373. The Hall–Kier alpha value is -3.42. The summed E-state index contributed by atoms with van der Waals surface area (Å²) in [4.78, 5) is 32.7.